The molecule has 3 N–H and O–H groups in total. The summed E-state index contributed by atoms with van der Waals surface area (Å²) in [6, 6.07) is 0. The van der Waals surface area contributed by atoms with Gasteiger partial charge < -0.3 is 15.3 Å². The van der Waals surface area contributed by atoms with Crippen molar-refractivity contribution in [2.75, 3.05) is 20.1 Å². The van der Waals surface area contributed by atoms with Crippen LogP contribution in [-0.2, 0) is 4.79 Å². The van der Waals surface area contributed by atoms with Gasteiger partial charge in [-0.05, 0) is 19.4 Å². The second kappa shape index (κ2) is 5.69. The minimum Gasteiger partial charge on any atom is -0.392 e. The molecule has 5 heteroatoms. The van der Waals surface area contributed by atoms with Gasteiger partial charge >= 0.3 is 0 Å². The van der Waals surface area contributed by atoms with Crippen LogP contribution < -0.4 is 0 Å². The lowest BCUT2D eigenvalue weighted by Crippen LogP contribution is -2.33. The second-order valence-electron chi connectivity index (χ2n) is 2.69. The van der Waals surface area contributed by atoms with E-state index in [2.05, 4.69) is 0 Å². The van der Waals surface area contributed by atoms with Gasteiger partial charge in [0.2, 0.25) is 0 Å². The minimum atomic E-state index is -0.536. The van der Waals surface area contributed by atoms with Crippen LogP contribution in [-0.4, -0.2) is 46.2 Å². The van der Waals surface area contributed by atoms with Gasteiger partial charge in [-0.3, -0.25) is 9.69 Å². The molecule has 0 fully saturated rings. The van der Waals surface area contributed by atoms with Gasteiger partial charge in [0, 0.05) is 5.57 Å². The predicted molar refractivity (Wildman–Crippen MR) is 46.5 cm³/mol. The second-order valence-corrected chi connectivity index (χ2v) is 2.69. The van der Waals surface area contributed by atoms with Crippen LogP contribution in [0.5, 0.6) is 0 Å². The molecule has 0 aromatic heterocycles. The largest absolute Gasteiger partial charge is 0.392 e. The van der Waals surface area contributed by atoms with Crippen molar-refractivity contribution >= 4 is 5.91 Å². The van der Waals surface area contributed by atoms with E-state index in [4.69, 9.17) is 15.3 Å². The Kier molecular flexibility index (Phi) is 5.29. The Morgan fingerprint density at radius 3 is 1.92 bits per heavy atom. The van der Waals surface area contributed by atoms with Crippen LogP contribution in [0.4, 0.5) is 0 Å². The van der Waals surface area contributed by atoms with E-state index >= 15 is 0 Å². The van der Waals surface area contributed by atoms with Crippen molar-refractivity contribution in [2.24, 2.45) is 0 Å². The third-order valence-corrected chi connectivity index (χ3v) is 1.83. The molecule has 0 bridgehead atoms. The third-order valence-electron chi connectivity index (χ3n) is 1.83. The maximum Gasteiger partial charge on any atom is 0.253 e. The summed E-state index contributed by atoms with van der Waals surface area (Å²) in [6.07, 6.45) is 0. The van der Waals surface area contributed by atoms with Gasteiger partial charge in [0.15, 0.2) is 0 Å². The number of rotatable bonds is 4. The van der Waals surface area contributed by atoms with Gasteiger partial charge in [0.05, 0.1) is 6.61 Å². The van der Waals surface area contributed by atoms with Crippen molar-refractivity contribution in [3.8, 4) is 0 Å². The van der Waals surface area contributed by atoms with E-state index in [1.165, 1.54) is 6.92 Å². The summed E-state index contributed by atoms with van der Waals surface area (Å²) in [5, 5.41) is 26.0. The first-order valence-corrected chi connectivity index (χ1v) is 3.86. The highest BCUT2D eigenvalue weighted by molar-refractivity contribution is 5.93. The Morgan fingerprint density at radius 1 is 1.15 bits per heavy atom. The molecule has 5 nitrogen and oxygen atoms in total. The van der Waals surface area contributed by atoms with E-state index < -0.39 is 19.4 Å². The van der Waals surface area contributed by atoms with E-state index in [0.717, 1.165) is 4.90 Å². The van der Waals surface area contributed by atoms with Crippen LogP contribution in [0.25, 0.3) is 0 Å². The molecule has 0 aliphatic heterocycles. The topological polar surface area (TPSA) is 81.0 Å². The predicted octanol–water partition coefficient (Wildman–Crippen LogP) is -0.957. The average molecular weight is 189 g/mol. The molecule has 0 unspecified atom stereocenters. The zero-order chi connectivity index (χ0) is 10.4. The molecule has 0 aliphatic carbocycles. The standard InChI is InChI=1S/C8H15NO4/c1-6(3-10)7(2)8(13)9(4-11)5-12/h10-12H,3-5H2,1-2H3. The summed E-state index contributed by atoms with van der Waals surface area (Å²) >= 11 is 0. The fourth-order valence-corrected chi connectivity index (χ4v) is 0.711. The highest BCUT2D eigenvalue weighted by atomic mass is 16.3. The van der Waals surface area contributed by atoms with Crippen molar-refractivity contribution in [1.82, 2.24) is 4.90 Å². The quantitative estimate of drug-likeness (QED) is 0.393. The Balaban J connectivity index is 4.58. The Hall–Kier alpha value is -0.910. The molecular formula is C8H15NO4. The molecule has 0 saturated carbocycles. The number of aliphatic hydroxyl groups is 3. The van der Waals surface area contributed by atoms with Gasteiger partial charge in [-0.25, -0.2) is 0 Å². The number of hydrogen-bond donors (Lipinski definition) is 3. The molecule has 0 radical (unpaired) electrons. The highest BCUT2D eigenvalue weighted by Gasteiger charge is 2.14. The van der Waals surface area contributed by atoms with Crippen LogP contribution in [0.15, 0.2) is 11.1 Å². The van der Waals surface area contributed by atoms with Gasteiger partial charge in [0.1, 0.15) is 13.5 Å². The van der Waals surface area contributed by atoms with Gasteiger partial charge in [-0.2, -0.15) is 0 Å². The maximum atomic E-state index is 11.3. The zero-order valence-electron chi connectivity index (χ0n) is 7.82. The fraction of sp³-hybridized carbons (Fsp3) is 0.625. The zero-order valence-corrected chi connectivity index (χ0v) is 7.82. The number of carbonyl (C=O) groups is 1. The molecule has 0 aromatic rings. The van der Waals surface area contributed by atoms with Crippen LogP contribution in [0.3, 0.4) is 0 Å². The lowest BCUT2D eigenvalue weighted by Gasteiger charge is -2.17. The first kappa shape index (κ1) is 12.1. The number of aliphatic hydroxyl groups excluding tert-OH is 3. The molecule has 0 aromatic carbocycles. The number of nitrogens with zero attached hydrogens (tertiary/aromatic N) is 1. The fourth-order valence-electron chi connectivity index (χ4n) is 0.711. The van der Waals surface area contributed by atoms with Crippen LogP contribution >= 0.6 is 0 Å². The minimum absolute atomic E-state index is 0.206. The molecule has 0 spiro atoms. The molecule has 13 heavy (non-hydrogen) atoms. The summed E-state index contributed by atoms with van der Waals surface area (Å²) < 4.78 is 0. The van der Waals surface area contributed by atoms with Gasteiger partial charge in [-0.15, -0.1) is 0 Å². The molecule has 76 valence electrons. The van der Waals surface area contributed by atoms with Crippen molar-refractivity contribution < 1.29 is 20.1 Å². The average Bonchev–Trinajstić information content (AvgIpc) is 2.17. The maximum absolute atomic E-state index is 11.3. The van der Waals surface area contributed by atoms with E-state index in [-0.39, 0.29) is 6.61 Å². The normalized spacial score (nSPS) is 12.4. The molecule has 0 heterocycles. The van der Waals surface area contributed by atoms with Crippen molar-refractivity contribution in [1.29, 1.82) is 0 Å². The highest BCUT2D eigenvalue weighted by Crippen LogP contribution is 2.06. The van der Waals surface area contributed by atoms with Crippen molar-refractivity contribution in [3.05, 3.63) is 11.1 Å². The molecule has 1 amide bonds. The van der Waals surface area contributed by atoms with E-state index in [1.807, 2.05) is 0 Å². The molecular weight excluding hydrogens is 174 g/mol. The van der Waals surface area contributed by atoms with Crippen LogP contribution in [0.1, 0.15) is 13.8 Å². The van der Waals surface area contributed by atoms with Gasteiger partial charge in [0.25, 0.3) is 5.91 Å². The lowest BCUT2D eigenvalue weighted by molar-refractivity contribution is -0.135. The van der Waals surface area contributed by atoms with Crippen molar-refractivity contribution in [3.63, 3.8) is 0 Å². The summed E-state index contributed by atoms with van der Waals surface area (Å²) in [5.74, 6) is -0.475. The first-order valence-electron chi connectivity index (χ1n) is 3.86. The SMILES string of the molecule is CC(CO)=C(C)C(=O)N(CO)CO. The van der Waals surface area contributed by atoms with Gasteiger partial charge in [-0.1, -0.05) is 0 Å². The number of carbonyl (C=O) groups excluding carboxylic acids is 1. The van der Waals surface area contributed by atoms with E-state index in [0.29, 0.717) is 11.1 Å². The Labute approximate surface area is 76.9 Å². The van der Waals surface area contributed by atoms with E-state index in [1.54, 1.807) is 6.92 Å². The monoisotopic (exact) mass is 189 g/mol. The summed E-state index contributed by atoms with van der Waals surface area (Å²) in [7, 11) is 0. The van der Waals surface area contributed by atoms with Crippen LogP contribution in [0, 0.1) is 0 Å². The summed E-state index contributed by atoms with van der Waals surface area (Å²) in [6.45, 7) is 1.87. The third kappa shape index (κ3) is 3.14. The molecule has 0 aliphatic rings. The van der Waals surface area contributed by atoms with Crippen LogP contribution in [0.2, 0.25) is 0 Å². The van der Waals surface area contributed by atoms with Crippen molar-refractivity contribution in [2.45, 2.75) is 13.8 Å². The smallest absolute Gasteiger partial charge is 0.253 e. The molecule has 0 saturated heterocycles. The summed E-state index contributed by atoms with van der Waals surface area (Å²) in [5.41, 5.74) is 0.863. The number of amides is 1. The molecule has 0 atom stereocenters. The Bertz CT molecular complexity index is 208. The first-order chi connectivity index (χ1) is 6.08. The Morgan fingerprint density at radius 2 is 1.62 bits per heavy atom. The lowest BCUT2D eigenvalue weighted by atomic mass is 10.1. The summed E-state index contributed by atoms with van der Waals surface area (Å²) in [4.78, 5) is 12.2. The van der Waals surface area contributed by atoms with E-state index in [9.17, 15) is 4.79 Å². The number of hydrogen-bond acceptors (Lipinski definition) is 4. The molecule has 0 rings (SSSR count).